The molecule has 0 spiro atoms. The van der Waals surface area contributed by atoms with Gasteiger partial charge in [-0.15, -0.1) is 0 Å². The minimum absolute atomic E-state index is 0.212. The van der Waals surface area contributed by atoms with E-state index in [1.165, 1.54) is 0 Å². The first kappa shape index (κ1) is 12.8. The van der Waals surface area contributed by atoms with Crippen molar-refractivity contribution in [2.45, 2.75) is 25.4 Å². The van der Waals surface area contributed by atoms with Crippen molar-refractivity contribution in [2.75, 3.05) is 0 Å². The molecule has 0 aromatic carbocycles. The zero-order valence-corrected chi connectivity index (χ0v) is 11.9. The van der Waals surface area contributed by atoms with Gasteiger partial charge in [0.15, 0.2) is 4.67 Å². The molecule has 2 N–H and O–H groups in total. The van der Waals surface area contributed by atoms with Gasteiger partial charge in [-0.3, -0.25) is 20.2 Å². The molecule has 7 heteroatoms. The number of hydrogen-bond acceptors (Lipinski definition) is 4. The maximum absolute atomic E-state index is 11.5. The molecule has 2 rings (SSSR count). The Labute approximate surface area is 115 Å². The molecule has 0 saturated carbocycles. The fraction of sp³-hybridized carbons (Fsp3) is 0.400. The Morgan fingerprint density at radius 3 is 2.82 bits per heavy atom. The van der Waals surface area contributed by atoms with E-state index in [-0.39, 0.29) is 17.9 Å². The first-order valence-electron chi connectivity index (χ1n) is 5.07. The highest BCUT2D eigenvalue weighted by atomic mass is 79.9. The Balaban J connectivity index is 1.90. The number of halogens is 2. The van der Waals surface area contributed by atoms with Gasteiger partial charge in [-0.05, 0) is 44.3 Å². The van der Waals surface area contributed by atoms with Gasteiger partial charge in [0, 0.05) is 6.42 Å². The molecule has 2 amide bonds. The number of imide groups is 1. The summed E-state index contributed by atoms with van der Waals surface area (Å²) in [5.74, 6) is 0.232. The van der Waals surface area contributed by atoms with Gasteiger partial charge in [0.2, 0.25) is 11.8 Å². The Morgan fingerprint density at radius 2 is 2.24 bits per heavy atom. The summed E-state index contributed by atoms with van der Waals surface area (Å²) in [7, 11) is 0. The summed E-state index contributed by atoms with van der Waals surface area (Å²) in [6.45, 7) is 0.441. The predicted octanol–water partition coefficient (Wildman–Crippen LogP) is 1.70. The molecule has 1 aromatic heterocycles. The Kier molecular flexibility index (Phi) is 4.01. The van der Waals surface area contributed by atoms with E-state index in [1.54, 1.807) is 0 Å². The molecule has 1 aliphatic heterocycles. The fourth-order valence-electron chi connectivity index (χ4n) is 1.59. The van der Waals surface area contributed by atoms with Crippen molar-refractivity contribution in [3.8, 4) is 0 Å². The molecular weight excluding hydrogens is 356 g/mol. The zero-order valence-electron chi connectivity index (χ0n) is 8.76. The van der Waals surface area contributed by atoms with E-state index >= 15 is 0 Å². The number of rotatable bonds is 3. The van der Waals surface area contributed by atoms with Gasteiger partial charge in [0.1, 0.15) is 5.76 Å². The van der Waals surface area contributed by atoms with Crippen LogP contribution < -0.4 is 10.6 Å². The maximum Gasteiger partial charge on any atom is 0.243 e. The molecular formula is C10H10Br2N2O3. The molecule has 2 heterocycles. The molecule has 17 heavy (non-hydrogen) atoms. The lowest BCUT2D eigenvalue weighted by Crippen LogP contribution is -2.50. The topological polar surface area (TPSA) is 71.3 Å². The molecule has 0 bridgehead atoms. The average molecular weight is 366 g/mol. The predicted molar refractivity (Wildman–Crippen MR) is 67.1 cm³/mol. The Bertz CT molecular complexity index is 439. The number of nitrogens with one attached hydrogen (secondary N) is 2. The standard InChI is InChI=1S/C10H10Br2N2O3/c11-6-3-5(17-9(6)12)4-13-7-1-2-8(15)14-10(7)16/h3,7,13H,1-2,4H2,(H,14,15,16). The minimum atomic E-state index is -0.338. The lowest BCUT2D eigenvalue weighted by Gasteiger charge is -2.21. The number of carbonyl (C=O) groups is 2. The summed E-state index contributed by atoms with van der Waals surface area (Å²) < 4.78 is 6.82. The van der Waals surface area contributed by atoms with Gasteiger partial charge >= 0.3 is 0 Å². The molecule has 1 aliphatic rings. The average Bonchev–Trinajstić information content (AvgIpc) is 2.57. The first-order chi connectivity index (χ1) is 8.06. The second-order valence-corrected chi connectivity index (χ2v) is 5.29. The second-order valence-electron chi connectivity index (χ2n) is 3.72. The van der Waals surface area contributed by atoms with Crippen LogP contribution in [-0.4, -0.2) is 17.9 Å². The van der Waals surface area contributed by atoms with Crippen LogP contribution in [0.4, 0.5) is 0 Å². The van der Waals surface area contributed by atoms with Crippen LogP contribution in [0.5, 0.6) is 0 Å². The van der Waals surface area contributed by atoms with E-state index in [2.05, 4.69) is 42.5 Å². The Hall–Kier alpha value is -0.660. The van der Waals surface area contributed by atoms with Crippen LogP contribution in [0.25, 0.3) is 0 Å². The molecule has 5 nitrogen and oxygen atoms in total. The normalized spacial score (nSPS) is 20.5. The van der Waals surface area contributed by atoms with Gasteiger partial charge in [0.05, 0.1) is 17.1 Å². The van der Waals surface area contributed by atoms with Crippen LogP contribution in [0.2, 0.25) is 0 Å². The van der Waals surface area contributed by atoms with E-state index in [9.17, 15) is 9.59 Å². The van der Waals surface area contributed by atoms with Crippen molar-refractivity contribution >= 4 is 43.7 Å². The zero-order chi connectivity index (χ0) is 12.4. The number of piperidine rings is 1. The quantitative estimate of drug-likeness (QED) is 0.800. The third kappa shape index (κ3) is 3.17. The van der Waals surface area contributed by atoms with Crippen LogP contribution in [-0.2, 0) is 16.1 Å². The van der Waals surface area contributed by atoms with Crippen LogP contribution in [0.1, 0.15) is 18.6 Å². The molecule has 92 valence electrons. The summed E-state index contributed by atoms with van der Waals surface area (Å²) in [6, 6.07) is 1.48. The summed E-state index contributed by atoms with van der Waals surface area (Å²) in [5.41, 5.74) is 0. The number of furan rings is 1. The SMILES string of the molecule is O=C1CCC(NCc2cc(Br)c(Br)o2)C(=O)N1. The van der Waals surface area contributed by atoms with Gasteiger partial charge in [-0.2, -0.15) is 0 Å². The number of carbonyl (C=O) groups excluding carboxylic acids is 2. The summed E-state index contributed by atoms with van der Waals surface area (Å²) in [6.07, 6.45) is 0.892. The summed E-state index contributed by atoms with van der Waals surface area (Å²) in [5, 5.41) is 5.34. The molecule has 1 saturated heterocycles. The van der Waals surface area contributed by atoms with E-state index in [1.807, 2.05) is 6.07 Å². The van der Waals surface area contributed by atoms with Gasteiger partial charge < -0.3 is 4.42 Å². The smallest absolute Gasteiger partial charge is 0.243 e. The van der Waals surface area contributed by atoms with E-state index < -0.39 is 0 Å². The molecule has 1 atom stereocenters. The van der Waals surface area contributed by atoms with Crippen LogP contribution >= 0.6 is 31.9 Å². The third-order valence-electron chi connectivity index (χ3n) is 2.46. The van der Waals surface area contributed by atoms with E-state index in [0.29, 0.717) is 29.8 Å². The largest absolute Gasteiger partial charge is 0.452 e. The minimum Gasteiger partial charge on any atom is -0.452 e. The van der Waals surface area contributed by atoms with Crippen LogP contribution in [0, 0.1) is 0 Å². The summed E-state index contributed by atoms with van der Waals surface area (Å²) in [4.78, 5) is 22.4. The molecule has 1 fully saturated rings. The van der Waals surface area contributed by atoms with Gasteiger partial charge in [-0.25, -0.2) is 0 Å². The molecule has 1 unspecified atom stereocenters. The third-order valence-corrected chi connectivity index (χ3v) is 4.17. The maximum atomic E-state index is 11.5. The van der Waals surface area contributed by atoms with Crippen molar-refractivity contribution in [3.63, 3.8) is 0 Å². The van der Waals surface area contributed by atoms with Crippen molar-refractivity contribution in [1.29, 1.82) is 0 Å². The molecule has 0 aliphatic carbocycles. The van der Waals surface area contributed by atoms with Gasteiger partial charge in [0.25, 0.3) is 0 Å². The van der Waals surface area contributed by atoms with E-state index in [4.69, 9.17) is 4.42 Å². The number of hydrogen-bond donors (Lipinski definition) is 2. The Morgan fingerprint density at radius 1 is 1.47 bits per heavy atom. The first-order valence-corrected chi connectivity index (χ1v) is 6.65. The lowest BCUT2D eigenvalue weighted by atomic mass is 10.1. The van der Waals surface area contributed by atoms with Crippen molar-refractivity contribution in [1.82, 2.24) is 10.6 Å². The fourth-order valence-corrected chi connectivity index (χ4v) is 2.25. The molecule has 1 aromatic rings. The van der Waals surface area contributed by atoms with Crippen LogP contribution in [0.3, 0.4) is 0 Å². The van der Waals surface area contributed by atoms with Crippen molar-refractivity contribution in [3.05, 3.63) is 21.0 Å². The molecule has 0 radical (unpaired) electrons. The van der Waals surface area contributed by atoms with Crippen LogP contribution in [0.15, 0.2) is 19.6 Å². The van der Waals surface area contributed by atoms with Gasteiger partial charge in [-0.1, -0.05) is 0 Å². The highest BCUT2D eigenvalue weighted by Crippen LogP contribution is 2.26. The lowest BCUT2D eigenvalue weighted by molar-refractivity contribution is -0.134. The van der Waals surface area contributed by atoms with Crippen molar-refractivity contribution in [2.24, 2.45) is 0 Å². The highest BCUT2D eigenvalue weighted by Gasteiger charge is 2.26. The monoisotopic (exact) mass is 364 g/mol. The summed E-state index contributed by atoms with van der Waals surface area (Å²) >= 11 is 6.55. The second kappa shape index (κ2) is 5.32. The van der Waals surface area contributed by atoms with E-state index in [0.717, 1.165) is 4.47 Å². The highest BCUT2D eigenvalue weighted by molar-refractivity contribution is 9.13. The van der Waals surface area contributed by atoms with Crippen molar-refractivity contribution < 1.29 is 14.0 Å². The number of amides is 2.